The quantitative estimate of drug-likeness (QED) is 0.837. The van der Waals surface area contributed by atoms with E-state index in [1.165, 1.54) is 0 Å². The molecular weight excluding hydrogens is 242 g/mol. The van der Waals surface area contributed by atoms with Crippen molar-refractivity contribution in [2.45, 2.75) is 26.4 Å². The average Bonchev–Trinajstić information content (AvgIpc) is 2.69. The Kier molecular flexibility index (Phi) is 2.71. The molecular formula is C14H15N3O2. The molecule has 1 saturated heterocycles. The van der Waals surface area contributed by atoms with E-state index in [-0.39, 0.29) is 12.3 Å². The first-order chi connectivity index (χ1) is 9.04. The first-order valence-corrected chi connectivity index (χ1v) is 6.28. The lowest BCUT2D eigenvalue weighted by molar-refractivity contribution is -0.117. The molecule has 1 amide bonds. The fraction of sp³-hybridized carbons (Fsp3) is 0.357. The monoisotopic (exact) mass is 257 g/mol. The largest absolute Gasteiger partial charge is 0.391 e. The number of hydrogen-bond acceptors (Lipinski definition) is 4. The van der Waals surface area contributed by atoms with Crippen molar-refractivity contribution in [3.8, 4) is 0 Å². The Labute approximate surface area is 110 Å². The van der Waals surface area contributed by atoms with Crippen molar-refractivity contribution in [3.05, 3.63) is 29.6 Å². The van der Waals surface area contributed by atoms with Crippen molar-refractivity contribution >= 4 is 22.6 Å². The molecule has 0 saturated carbocycles. The number of rotatable bonds is 1. The van der Waals surface area contributed by atoms with Crippen molar-refractivity contribution in [2.24, 2.45) is 0 Å². The summed E-state index contributed by atoms with van der Waals surface area (Å²) in [5, 5.41) is 9.53. The highest BCUT2D eigenvalue weighted by atomic mass is 16.3. The average molecular weight is 257 g/mol. The molecule has 1 unspecified atom stereocenters. The fourth-order valence-electron chi connectivity index (χ4n) is 2.33. The first-order valence-electron chi connectivity index (χ1n) is 6.28. The Morgan fingerprint density at radius 1 is 1.21 bits per heavy atom. The number of aryl methyl sites for hydroxylation is 2. The molecule has 0 radical (unpaired) electrons. The van der Waals surface area contributed by atoms with E-state index in [4.69, 9.17) is 0 Å². The Morgan fingerprint density at radius 3 is 2.53 bits per heavy atom. The van der Waals surface area contributed by atoms with E-state index in [0.717, 1.165) is 28.1 Å². The molecule has 5 heteroatoms. The van der Waals surface area contributed by atoms with Gasteiger partial charge in [0.1, 0.15) is 0 Å². The summed E-state index contributed by atoms with van der Waals surface area (Å²) < 4.78 is 0. The zero-order valence-electron chi connectivity index (χ0n) is 10.9. The van der Waals surface area contributed by atoms with Crippen molar-refractivity contribution in [2.75, 3.05) is 11.4 Å². The Morgan fingerprint density at radius 2 is 1.89 bits per heavy atom. The van der Waals surface area contributed by atoms with Crippen LogP contribution in [0.5, 0.6) is 0 Å². The summed E-state index contributed by atoms with van der Waals surface area (Å²) in [7, 11) is 0. The third kappa shape index (κ3) is 2.06. The highest BCUT2D eigenvalue weighted by Gasteiger charge is 2.29. The van der Waals surface area contributed by atoms with Gasteiger partial charge in [-0.1, -0.05) is 0 Å². The molecule has 19 heavy (non-hydrogen) atoms. The molecule has 1 fully saturated rings. The van der Waals surface area contributed by atoms with Gasteiger partial charge in [0.15, 0.2) is 0 Å². The summed E-state index contributed by atoms with van der Waals surface area (Å²) in [6.45, 7) is 4.19. The highest BCUT2D eigenvalue weighted by molar-refractivity contribution is 5.97. The molecule has 0 spiro atoms. The molecule has 98 valence electrons. The summed E-state index contributed by atoms with van der Waals surface area (Å²) in [6, 6.07) is 5.56. The van der Waals surface area contributed by atoms with Crippen molar-refractivity contribution in [3.63, 3.8) is 0 Å². The Bertz CT molecular complexity index is 669. The van der Waals surface area contributed by atoms with Gasteiger partial charge in [0.25, 0.3) is 0 Å². The van der Waals surface area contributed by atoms with E-state index in [9.17, 15) is 9.90 Å². The van der Waals surface area contributed by atoms with Crippen molar-refractivity contribution in [1.82, 2.24) is 9.97 Å². The topological polar surface area (TPSA) is 66.3 Å². The lowest BCUT2D eigenvalue weighted by Gasteiger charge is -2.16. The second-order valence-electron chi connectivity index (χ2n) is 4.93. The third-order valence-corrected chi connectivity index (χ3v) is 3.48. The van der Waals surface area contributed by atoms with Crippen molar-refractivity contribution < 1.29 is 9.90 Å². The molecule has 1 aromatic carbocycles. The van der Waals surface area contributed by atoms with Gasteiger partial charge in [-0.05, 0) is 32.0 Å². The standard InChI is InChI=1S/C14H15N3O2/c1-8-9(2)16-13-5-10(3-4-12(13)15-8)17-7-11(18)6-14(17)19/h3-5,11,18H,6-7H2,1-2H3. The van der Waals surface area contributed by atoms with Gasteiger partial charge in [-0.25, -0.2) is 9.97 Å². The van der Waals surface area contributed by atoms with E-state index in [1.807, 2.05) is 32.0 Å². The minimum absolute atomic E-state index is 0.0522. The number of carbonyl (C=O) groups excluding carboxylic acids is 1. The van der Waals surface area contributed by atoms with Crippen LogP contribution in [-0.4, -0.2) is 33.6 Å². The van der Waals surface area contributed by atoms with E-state index >= 15 is 0 Å². The number of aromatic nitrogens is 2. The number of benzene rings is 1. The van der Waals surface area contributed by atoms with E-state index in [2.05, 4.69) is 9.97 Å². The van der Waals surface area contributed by atoms with Gasteiger partial charge in [-0.15, -0.1) is 0 Å². The first kappa shape index (κ1) is 12.0. The lowest BCUT2D eigenvalue weighted by atomic mass is 10.2. The fourth-order valence-corrected chi connectivity index (χ4v) is 2.33. The molecule has 0 aliphatic carbocycles. The molecule has 1 aliphatic heterocycles. The second-order valence-corrected chi connectivity index (χ2v) is 4.93. The molecule has 1 N–H and O–H groups in total. The lowest BCUT2D eigenvalue weighted by Crippen LogP contribution is -2.25. The third-order valence-electron chi connectivity index (χ3n) is 3.48. The zero-order valence-corrected chi connectivity index (χ0v) is 10.9. The van der Waals surface area contributed by atoms with Gasteiger partial charge in [-0.3, -0.25) is 4.79 Å². The number of β-amino-alcohol motifs (C(OH)–C–C–N with tert-alkyl or cyclic N) is 1. The van der Waals surface area contributed by atoms with Crippen molar-refractivity contribution in [1.29, 1.82) is 0 Å². The van der Waals surface area contributed by atoms with Gasteiger partial charge in [0.05, 0.1) is 41.5 Å². The number of aliphatic hydroxyl groups is 1. The van der Waals surface area contributed by atoms with Gasteiger partial charge < -0.3 is 10.0 Å². The second kappa shape index (κ2) is 4.28. The van der Waals surface area contributed by atoms with Gasteiger partial charge in [0.2, 0.25) is 5.91 Å². The number of aliphatic hydroxyl groups excluding tert-OH is 1. The van der Waals surface area contributed by atoms with Gasteiger partial charge in [0, 0.05) is 5.69 Å². The number of carbonyl (C=O) groups is 1. The van der Waals surface area contributed by atoms with Crippen LogP contribution in [0.4, 0.5) is 5.69 Å². The minimum atomic E-state index is -0.575. The normalized spacial score (nSPS) is 19.4. The maximum absolute atomic E-state index is 11.8. The van der Waals surface area contributed by atoms with Crippen LogP contribution < -0.4 is 4.90 Å². The predicted molar refractivity (Wildman–Crippen MR) is 72.0 cm³/mol. The van der Waals surface area contributed by atoms with Crippen LogP contribution in [0.2, 0.25) is 0 Å². The molecule has 2 aromatic rings. The molecule has 2 heterocycles. The summed E-state index contributed by atoms with van der Waals surface area (Å²) in [5.74, 6) is -0.0522. The zero-order chi connectivity index (χ0) is 13.6. The van der Waals surface area contributed by atoms with Crippen LogP contribution in [0, 0.1) is 13.8 Å². The highest BCUT2D eigenvalue weighted by Crippen LogP contribution is 2.25. The Hall–Kier alpha value is -2.01. The smallest absolute Gasteiger partial charge is 0.229 e. The van der Waals surface area contributed by atoms with Crippen LogP contribution in [-0.2, 0) is 4.79 Å². The molecule has 1 atom stereocenters. The molecule has 1 aromatic heterocycles. The maximum Gasteiger partial charge on any atom is 0.229 e. The van der Waals surface area contributed by atoms with Crippen LogP contribution in [0.3, 0.4) is 0 Å². The van der Waals surface area contributed by atoms with E-state index in [1.54, 1.807) is 4.90 Å². The number of anilines is 1. The van der Waals surface area contributed by atoms with Crippen LogP contribution in [0.1, 0.15) is 17.8 Å². The SMILES string of the molecule is Cc1nc2ccc(N3CC(O)CC3=O)cc2nc1C. The summed E-state index contributed by atoms with van der Waals surface area (Å²) >= 11 is 0. The van der Waals surface area contributed by atoms with E-state index < -0.39 is 6.10 Å². The number of nitrogens with zero attached hydrogens (tertiary/aromatic N) is 3. The minimum Gasteiger partial charge on any atom is -0.391 e. The number of amides is 1. The number of hydrogen-bond donors (Lipinski definition) is 1. The summed E-state index contributed by atoms with van der Waals surface area (Å²) in [6.07, 6.45) is -0.384. The van der Waals surface area contributed by atoms with Crippen LogP contribution in [0.25, 0.3) is 11.0 Å². The number of fused-ring (bicyclic) bond motifs is 1. The van der Waals surface area contributed by atoms with Crippen LogP contribution in [0.15, 0.2) is 18.2 Å². The maximum atomic E-state index is 11.8. The summed E-state index contributed by atoms with van der Waals surface area (Å²) in [4.78, 5) is 22.3. The molecule has 3 rings (SSSR count). The van der Waals surface area contributed by atoms with Gasteiger partial charge in [-0.2, -0.15) is 0 Å². The molecule has 5 nitrogen and oxygen atoms in total. The van der Waals surface area contributed by atoms with E-state index in [0.29, 0.717) is 6.54 Å². The predicted octanol–water partition coefficient (Wildman–Crippen LogP) is 1.34. The van der Waals surface area contributed by atoms with Gasteiger partial charge >= 0.3 is 0 Å². The molecule has 0 bridgehead atoms. The molecule has 1 aliphatic rings. The Balaban J connectivity index is 2.07. The summed E-state index contributed by atoms with van der Waals surface area (Å²) in [5.41, 5.74) is 4.16. The van der Waals surface area contributed by atoms with Crippen LogP contribution >= 0.6 is 0 Å².